The highest BCUT2D eigenvalue weighted by molar-refractivity contribution is 7.91. The molecule has 3 rings (SSSR count). The van der Waals surface area contributed by atoms with Crippen LogP contribution >= 0.6 is 0 Å². The summed E-state index contributed by atoms with van der Waals surface area (Å²) in [6.07, 6.45) is 0.144. The molecule has 2 aromatic rings. The average Bonchev–Trinajstić information content (AvgIpc) is 3.24. The number of hydrogen-bond acceptors (Lipinski definition) is 4. The Morgan fingerprint density at radius 2 is 1.83 bits per heavy atom. The molecular formula is C20H23F2N3O3S. The lowest BCUT2D eigenvalue weighted by Crippen LogP contribution is -2.15. The van der Waals surface area contributed by atoms with Crippen LogP contribution in [0.3, 0.4) is 0 Å². The van der Waals surface area contributed by atoms with Crippen molar-refractivity contribution < 1.29 is 22.0 Å². The first-order chi connectivity index (χ1) is 13.7. The van der Waals surface area contributed by atoms with Crippen LogP contribution in [0.5, 0.6) is 0 Å². The first kappa shape index (κ1) is 21.2. The summed E-state index contributed by atoms with van der Waals surface area (Å²) in [7, 11) is -1.67. The topological polar surface area (TPSA) is 81.1 Å². The first-order valence-electron chi connectivity index (χ1n) is 9.33. The van der Waals surface area contributed by atoms with Crippen molar-refractivity contribution in [2.24, 2.45) is 13.0 Å². The van der Waals surface area contributed by atoms with Crippen molar-refractivity contribution in [2.75, 3.05) is 11.1 Å². The van der Waals surface area contributed by atoms with Crippen molar-refractivity contribution in [1.82, 2.24) is 9.78 Å². The van der Waals surface area contributed by atoms with Gasteiger partial charge in [-0.3, -0.25) is 9.48 Å². The number of alkyl halides is 2. The molecule has 0 aliphatic heterocycles. The molecule has 6 nitrogen and oxygen atoms in total. The number of hydrogen-bond donors (Lipinski definition) is 1. The van der Waals surface area contributed by atoms with E-state index in [1.807, 2.05) is 0 Å². The Kier molecular flexibility index (Phi) is 6.16. The number of amides is 1. The summed E-state index contributed by atoms with van der Waals surface area (Å²) in [5, 5.41) is 6.77. The Balaban J connectivity index is 1.93. The van der Waals surface area contributed by atoms with E-state index >= 15 is 0 Å². The van der Waals surface area contributed by atoms with E-state index < -0.39 is 34.0 Å². The third kappa shape index (κ3) is 4.90. The number of halogens is 2. The third-order valence-electron chi connectivity index (χ3n) is 4.95. The Hall–Kier alpha value is -2.55. The standard InChI is InChI=1S/C20H23F2N3O3S/c1-3-29(27,28)15-6-4-14(5-7-15)16(10-13-11-17(21)18(22)12-13)20(26)23-19-8-9-25(2)24-19/h4-10,13,17-18H,3,11-12H2,1-2H3,(H,23,24,26)/b16-10+. The lowest BCUT2D eigenvalue weighted by molar-refractivity contribution is -0.111. The van der Waals surface area contributed by atoms with E-state index in [9.17, 15) is 22.0 Å². The van der Waals surface area contributed by atoms with Gasteiger partial charge in [-0.05, 0) is 36.5 Å². The van der Waals surface area contributed by atoms with E-state index in [0.29, 0.717) is 11.4 Å². The molecule has 1 aromatic carbocycles. The van der Waals surface area contributed by atoms with Crippen molar-refractivity contribution >= 4 is 27.1 Å². The number of rotatable bonds is 6. The molecule has 1 aliphatic rings. The maximum Gasteiger partial charge on any atom is 0.257 e. The normalized spacial score (nSPS) is 22.6. The number of sulfone groups is 1. The number of aromatic nitrogens is 2. The van der Waals surface area contributed by atoms with Crippen molar-refractivity contribution in [1.29, 1.82) is 0 Å². The van der Waals surface area contributed by atoms with Gasteiger partial charge in [0.1, 0.15) is 12.3 Å². The van der Waals surface area contributed by atoms with Gasteiger partial charge < -0.3 is 5.32 Å². The molecule has 1 heterocycles. The van der Waals surface area contributed by atoms with Crippen LogP contribution in [0.4, 0.5) is 14.6 Å². The molecule has 29 heavy (non-hydrogen) atoms. The van der Waals surface area contributed by atoms with E-state index in [0.717, 1.165) is 0 Å². The molecule has 1 saturated carbocycles. The third-order valence-corrected chi connectivity index (χ3v) is 6.71. The highest BCUT2D eigenvalue weighted by Crippen LogP contribution is 2.34. The van der Waals surface area contributed by atoms with E-state index in [-0.39, 0.29) is 29.1 Å². The predicted molar refractivity (Wildman–Crippen MR) is 106 cm³/mol. The lowest BCUT2D eigenvalue weighted by Gasteiger charge is -2.12. The maximum atomic E-state index is 13.6. The minimum atomic E-state index is -3.38. The van der Waals surface area contributed by atoms with Crippen molar-refractivity contribution in [3.8, 4) is 0 Å². The van der Waals surface area contributed by atoms with Gasteiger partial charge in [-0.25, -0.2) is 17.2 Å². The van der Waals surface area contributed by atoms with Crippen LogP contribution in [-0.2, 0) is 21.7 Å². The number of nitrogens with zero attached hydrogens (tertiary/aromatic N) is 2. The van der Waals surface area contributed by atoms with Crippen LogP contribution in [0.15, 0.2) is 47.5 Å². The zero-order chi connectivity index (χ0) is 21.2. The second kappa shape index (κ2) is 8.44. The summed E-state index contributed by atoms with van der Waals surface area (Å²) in [5.41, 5.74) is 0.689. The molecule has 1 aliphatic carbocycles. The fraction of sp³-hybridized carbons (Fsp3) is 0.400. The van der Waals surface area contributed by atoms with E-state index in [4.69, 9.17) is 0 Å². The van der Waals surface area contributed by atoms with E-state index in [1.165, 1.54) is 28.9 Å². The molecule has 1 aromatic heterocycles. The highest BCUT2D eigenvalue weighted by Gasteiger charge is 2.34. The summed E-state index contributed by atoms with van der Waals surface area (Å²) in [6, 6.07) is 7.54. The maximum absolute atomic E-state index is 13.6. The van der Waals surface area contributed by atoms with Crippen LogP contribution < -0.4 is 5.32 Å². The molecule has 0 radical (unpaired) electrons. The van der Waals surface area contributed by atoms with Gasteiger partial charge in [0.15, 0.2) is 15.7 Å². The minimum absolute atomic E-state index is 0.00380. The minimum Gasteiger partial charge on any atom is -0.305 e. The number of allylic oxidation sites excluding steroid dienone is 1. The Labute approximate surface area is 168 Å². The van der Waals surface area contributed by atoms with Gasteiger partial charge in [-0.1, -0.05) is 25.1 Å². The highest BCUT2D eigenvalue weighted by atomic mass is 32.2. The van der Waals surface area contributed by atoms with Crippen molar-refractivity contribution in [3.05, 3.63) is 48.2 Å². The monoisotopic (exact) mass is 423 g/mol. The zero-order valence-corrected chi connectivity index (χ0v) is 17.0. The van der Waals surface area contributed by atoms with Gasteiger partial charge in [-0.2, -0.15) is 5.10 Å². The van der Waals surface area contributed by atoms with Crippen LogP contribution in [-0.4, -0.2) is 42.2 Å². The van der Waals surface area contributed by atoms with Gasteiger partial charge in [0.25, 0.3) is 5.91 Å². The number of anilines is 1. The van der Waals surface area contributed by atoms with Crippen molar-refractivity contribution in [3.63, 3.8) is 0 Å². The van der Waals surface area contributed by atoms with Crippen LogP contribution in [0.1, 0.15) is 25.3 Å². The number of benzene rings is 1. The van der Waals surface area contributed by atoms with E-state index in [2.05, 4.69) is 10.4 Å². The molecule has 0 bridgehead atoms. The number of carbonyl (C=O) groups excluding carboxylic acids is 1. The van der Waals surface area contributed by atoms with Gasteiger partial charge in [0, 0.05) is 24.9 Å². The molecule has 2 unspecified atom stereocenters. The summed E-state index contributed by atoms with van der Waals surface area (Å²) in [4.78, 5) is 13.0. The molecule has 2 atom stereocenters. The van der Waals surface area contributed by atoms with Gasteiger partial charge in [0.2, 0.25) is 0 Å². The molecule has 1 N–H and O–H groups in total. The molecule has 1 fully saturated rings. The second-order valence-electron chi connectivity index (χ2n) is 7.10. The van der Waals surface area contributed by atoms with Crippen LogP contribution in [0, 0.1) is 5.92 Å². The summed E-state index contributed by atoms with van der Waals surface area (Å²) in [5.74, 6) is -0.602. The fourth-order valence-electron chi connectivity index (χ4n) is 3.32. The Morgan fingerprint density at radius 1 is 1.21 bits per heavy atom. The second-order valence-corrected chi connectivity index (χ2v) is 9.38. The SMILES string of the molecule is CCS(=O)(=O)c1ccc(/C(=C\C2CC(F)C(F)C2)C(=O)Nc2ccn(C)n2)cc1. The average molecular weight is 423 g/mol. The quantitative estimate of drug-likeness (QED) is 0.723. The zero-order valence-electron chi connectivity index (χ0n) is 16.2. The van der Waals surface area contributed by atoms with Gasteiger partial charge in [-0.15, -0.1) is 0 Å². The molecule has 1 amide bonds. The number of carbonyl (C=O) groups is 1. The van der Waals surface area contributed by atoms with Gasteiger partial charge >= 0.3 is 0 Å². The van der Waals surface area contributed by atoms with Gasteiger partial charge in [0.05, 0.1) is 10.6 Å². The van der Waals surface area contributed by atoms with Crippen molar-refractivity contribution in [2.45, 2.75) is 37.0 Å². The Bertz CT molecular complexity index is 1010. The van der Waals surface area contributed by atoms with Crippen LogP contribution in [0.2, 0.25) is 0 Å². The number of nitrogens with one attached hydrogen (secondary N) is 1. The molecule has 0 saturated heterocycles. The lowest BCUT2D eigenvalue weighted by atomic mass is 9.98. The fourth-order valence-corrected chi connectivity index (χ4v) is 4.20. The summed E-state index contributed by atoms with van der Waals surface area (Å²) in [6.45, 7) is 1.55. The largest absolute Gasteiger partial charge is 0.305 e. The van der Waals surface area contributed by atoms with E-state index in [1.54, 1.807) is 32.3 Å². The Morgan fingerprint density at radius 3 is 2.34 bits per heavy atom. The van der Waals surface area contributed by atoms with Crippen LogP contribution in [0.25, 0.3) is 5.57 Å². The first-order valence-corrected chi connectivity index (χ1v) is 11.0. The number of aryl methyl sites for hydroxylation is 1. The predicted octanol–water partition coefficient (Wildman–Crippen LogP) is 3.32. The molecular weight excluding hydrogens is 400 g/mol. The smallest absolute Gasteiger partial charge is 0.257 e. The summed E-state index contributed by atoms with van der Waals surface area (Å²) >= 11 is 0. The molecule has 9 heteroatoms. The molecule has 0 spiro atoms. The molecule has 156 valence electrons. The summed E-state index contributed by atoms with van der Waals surface area (Å²) < 4.78 is 52.8.